The van der Waals surface area contributed by atoms with Crippen molar-refractivity contribution in [2.75, 3.05) is 0 Å². The predicted octanol–water partition coefficient (Wildman–Crippen LogP) is 9.70. The van der Waals surface area contributed by atoms with E-state index >= 15 is 0 Å². The fourth-order valence-electron chi connectivity index (χ4n) is 5.40. The predicted molar refractivity (Wildman–Crippen MR) is 148 cm³/mol. The lowest BCUT2D eigenvalue weighted by Crippen LogP contribution is -2.04. The maximum Gasteiger partial charge on any atom is 0.123 e. The zero-order chi connectivity index (χ0) is 27.8. The van der Waals surface area contributed by atoms with Crippen molar-refractivity contribution in [1.29, 1.82) is 0 Å². The summed E-state index contributed by atoms with van der Waals surface area (Å²) in [7, 11) is 0. The van der Waals surface area contributed by atoms with Gasteiger partial charge in [-0.2, -0.15) is 0 Å². The molecule has 0 bridgehead atoms. The van der Waals surface area contributed by atoms with Crippen LogP contribution in [0.25, 0.3) is 22.3 Å². The number of hydrogen-bond acceptors (Lipinski definition) is 0. The molecular weight excluding hydrogens is 515 g/mol. The Kier molecular flexibility index (Phi) is 6.64. The molecule has 0 saturated carbocycles. The van der Waals surface area contributed by atoms with E-state index in [0.717, 1.165) is 27.9 Å². The second-order valence-corrected chi connectivity index (χ2v) is 9.59. The molecule has 40 heavy (non-hydrogen) atoms. The second kappa shape index (κ2) is 10.4. The van der Waals surface area contributed by atoms with Crippen LogP contribution in [0.2, 0.25) is 0 Å². The monoisotopic (exact) mass is 536 g/mol. The van der Waals surface area contributed by atoms with Gasteiger partial charge in [-0.1, -0.05) is 60.7 Å². The van der Waals surface area contributed by atoms with E-state index in [2.05, 4.69) is 0 Å². The highest BCUT2D eigenvalue weighted by Gasteiger charge is 2.37. The first kappa shape index (κ1) is 25.5. The SMILES string of the molecule is Fc1ccc(C2=C(c3ccc(F)cc3)C(c3ccc(F)cc3)C(c3ccc(F)cc3)=C2c2ccc(F)cc2)cc1. The van der Waals surface area contributed by atoms with Crippen LogP contribution >= 0.6 is 0 Å². The van der Waals surface area contributed by atoms with Gasteiger partial charge in [-0.3, -0.25) is 0 Å². The van der Waals surface area contributed by atoms with Gasteiger partial charge in [-0.05, 0) is 111 Å². The summed E-state index contributed by atoms with van der Waals surface area (Å²) in [5.41, 5.74) is 6.52. The van der Waals surface area contributed by atoms with Gasteiger partial charge in [0.25, 0.3) is 0 Å². The molecule has 6 rings (SSSR count). The fourth-order valence-corrected chi connectivity index (χ4v) is 5.40. The van der Waals surface area contributed by atoms with Crippen LogP contribution in [-0.4, -0.2) is 0 Å². The summed E-state index contributed by atoms with van der Waals surface area (Å²) < 4.78 is 70.4. The minimum absolute atomic E-state index is 0.404. The van der Waals surface area contributed by atoms with Gasteiger partial charge in [0.05, 0.1) is 0 Å². The molecule has 196 valence electrons. The second-order valence-electron chi connectivity index (χ2n) is 9.59. The van der Waals surface area contributed by atoms with E-state index in [1.54, 1.807) is 60.7 Å². The van der Waals surface area contributed by atoms with Crippen molar-refractivity contribution in [3.05, 3.63) is 178 Å². The molecule has 0 fully saturated rings. The highest BCUT2D eigenvalue weighted by molar-refractivity contribution is 6.29. The third-order valence-electron chi connectivity index (χ3n) is 7.15. The van der Waals surface area contributed by atoms with Crippen molar-refractivity contribution < 1.29 is 22.0 Å². The summed E-state index contributed by atoms with van der Waals surface area (Å²) in [6, 6.07) is 30.3. The Balaban J connectivity index is 1.77. The van der Waals surface area contributed by atoms with Crippen molar-refractivity contribution in [3.63, 3.8) is 0 Å². The molecule has 0 aromatic heterocycles. The molecule has 0 spiro atoms. The molecule has 1 aliphatic carbocycles. The maximum atomic E-state index is 14.1. The van der Waals surface area contributed by atoms with Gasteiger partial charge in [0.1, 0.15) is 29.1 Å². The highest BCUT2D eigenvalue weighted by Crippen LogP contribution is 2.58. The molecule has 0 saturated heterocycles. The first-order chi connectivity index (χ1) is 19.4. The molecule has 0 unspecified atom stereocenters. The Hall–Kier alpha value is -4.77. The number of halogens is 5. The Labute approximate surface area is 228 Å². The Bertz CT molecular complexity index is 1620. The summed E-state index contributed by atoms with van der Waals surface area (Å²) in [6.07, 6.45) is 0. The molecular formula is C35H21F5. The molecule has 5 heteroatoms. The smallest absolute Gasteiger partial charge is 0.123 e. The summed E-state index contributed by atoms with van der Waals surface area (Å²) in [5.74, 6) is -2.54. The van der Waals surface area contributed by atoms with Gasteiger partial charge in [0, 0.05) is 5.92 Å². The van der Waals surface area contributed by atoms with E-state index in [1.165, 1.54) is 60.7 Å². The van der Waals surface area contributed by atoms with E-state index in [-0.39, 0.29) is 0 Å². The van der Waals surface area contributed by atoms with Crippen LogP contribution in [0.4, 0.5) is 22.0 Å². The molecule has 0 aliphatic heterocycles. The van der Waals surface area contributed by atoms with Crippen molar-refractivity contribution in [2.24, 2.45) is 0 Å². The van der Waals surface area contributed by atoms with Gasteiger partial charge in [-0.25, -0.2) is 22.0 Å². The zero-order valence-electron chi connectivity index (χ0n) is 21.0. The quantitative estimate of drug-likeness (QED) is 0.196. The summed E-state index contributed by atoms with van der Waals surface area (Å²) in [5, 5.41) is 0. The Morgan fingerprint density at radius 3 is 0.850 bits per heavy atom. The van der Waals surface area contributed by atoms with E-state index in [9.17, 15) is 22.0 Å². The minimum atomic E-state index is -0.503. The molecule has 5 aromatic carbocycles. The largest absolute Gasteiger partial charge is 0.207 e. The van der Waals surface area contributed by atoms with Gasteiger partial charge < -0.3 is 0 Å². The number of benzene rings is 5. The van der Waals surface area contributed by atoms with Crippen LogP contribution in [0.5, 0.6) is 0 Å². The standard InChI is InChI=1S/C35H21F5/c36-26-11-1-21(2-12-26)31-32(22-3-13-27(37)14-4-22)34(24-7-17-29(39)18-8-24)35(25-9-19-30(40)20-10-25)33(31)23-5-15-28(38)16-6-23/h1-20,31H. The molecule has 0 nitrogen and oxygen atoms in total. The molecule has 0 heterocycles. The third-order valence-corrected chi connectivity index (χ3v) is 7.15. The summed E-state index contributed by atoms with van der Waals surface area (Å²) in [6.45, 7) is 0. The molecule has 0 radical (unpaired) electrons. The molecule has 0 amide bonds. The maximum absolute atomic E-state index is 14.1. The highest BCUT2D eigenvalue weighted by atomic mass is 19.1. The van der Waals surface area contributed by atoms with E-state index < -0.39 is 35.0 Å². The van der Waals surface area contributed by atoms with Gasteiger partial charge >= 0.3 is 0 Å². The first-order valence-electron chi connectivity index (χ1n) is 12.7. The lowest BCUT2D eigenvalue weighted by molar-refractivity contribution is 0.626. The molecule has 5 aromatic rings. The van der Waals surface area contributed by atoms with Crippen LogP contribution in [0.15, 0.2) is 121 Å². The van der Waals surface area contributed by atoms with Crippen LogP contribution in [0, 0.1) is 29.1 Å². The van der Waals surface area contributed by atoms with Crippen LogP contribution in [0.1, 0.15) is 33.7 Å². The average Bonchev–Trinajstić information content (AvgIpc) is 3.31. The van der Waals surface area contributed by atoms with Crippen molar-refractivity contribution >= 4 is 22.3 Å². The summed E-state index contributed by atoms with van der Waals surface area (Å²) >= 11 is 0. The topological polar surface area (TPSA) is 0 Å². The molecule has 0 N–H and O–H groups in total. The molecule has 0 atom stereocenters. The molecule has 1 aliphatic rings. The fraction of sp³-hybridized carbons (Fsp3) is 0.0286. The van der Waals surface area contributed by atoms with Crippen LogP contribution in [-0.2, 0) is 0 Å². The van der Waals surface area contributed by atoms with E-state index in [1.807, 2.05) is 0 Å². The van der Waals surface area contributed by atoms with Gasteiger partial charge in [-0.15, -0.1) is 0 Å². The number of rotatable bonds is 5. The van der Waals surface area contributed by atoms with E-state index in [4.69, 9.17) is 0 Å². The number of hydrogen-bond donors (Lipinski definition) is 0. The van der Waals surface area contributed by atoms with Gasteiger partial charge in [0.15, 0.2) is 0 Å². The van der Waals surface area contributed by atoms with Crippen molar-refractivity contribution in [1.82, 2.24) is 0 Å². The van der Waals surface area contributed by atoms with Gasteiger partial charge in [0.2, 0.25) is 0 Å². The Morgan fingerprint density at radius 2 is 0.550 bits per heavy atom. The minimum Gasteiger partial charge on any atom is -0.207 e. The van der Waals surface area contributed by atoms with Crippen molar-refractivity contribution in [3.8, 4) is 0 Å². The first-order valence-corrected chi connectivity index (χ1v) is 12.7. The lowest BCUT2D eigenvalue weighted by Gasteiger charge is -2.22. The lowest BCUT2D eigenvalue weighted by atomic mass is 9.81. The average molecular weight is 537 g/mol. The Morgan fingerprint density at radius 1 is 0.300 bits per heavy atom. The summed E-state index contributed by atoms with van der Waals surface area (Å²) in [4.78, 5) is 0. The zero-order valence-corrected chi connectivity index (χ0v) is 21.0. The van der Waals surface area contributed by atoms with Crippen LogP contribution < -0.4 is 0 Å². The number of allylic oxidation sites excluding steroid dienone is 4. The van der Waals surface area contributed by atoms with Crippen molar-refractivity contribution in [2.45, 2.75) is 5.92 Å². The van der Waals surface area contributed by atoms with E-state index in [0.29, 0.717) is 22.3 Å². The normalized spacial score (nSPS) is 13.8. The van der Waals surface area contributed by atoms with Crippen LogP contribution in [0.3, 0.4) is 0 Å². The third kappa shape index (κ3) is 4.75.